The Labute approximate surface area is 69.5 Å². The van der Waals surface area contributed by atoms with Gasteiger partial charge in [0.2, 0.25) is 0 Å². The molecule has 0 saturated carbocycles. The van der Waals surface area contributed by atoms with Crippen LogP contribution in [0.3, 0.4) is 0 Å². The van der Waals surface area contributed by atoms with Gasteiger partial charge in [0.05, 0.1) is 5.56 Å². The predicted octanol–water partition coefficient (Wildman–Crippen LogP) is 0.0583. The fraction of sp³-hybridized carbons (Fsp3) is 0.125. The van der Waals surface area contributed by atoms with Gasteiger partial charge in [0.15, 0.2) is 0 Å². The van der Waals surface area contributed by atoms with E-state index in [-0.39, 0.29) is 5.56 Å². The Morgan fingerprint density at radius 1 is 1.42 bits per heavy atom. The molecule has 0 unspecified atom stereocenters. The zero-order valence-corrected chi connectivity index (χ0v) is 6.49. The third kappa shape index (κ3) is 2.05. The van der Waals surface area contributed by atoms with Crippen LogP contribution in [-0.4, -0.2) is 11.1 Å². The number of carboxylic acids is 1. The molecule has 0 fully saturated rings. The molecule has 1 rings (SSSR count). The average molecular weight is 168 g/mol. The second-order valence-corrected chi connectivity index (χ2v) is 2.35. The normalized spacial score (nSPS) is 9.75. The standard InChI is InChI=1S/C8H9NO3/c9-12-5-6-1-3-7(4-2-6)8(10)11/h1-4H,5H2,9H3/p+1. The topological polar surface area (TPSA) is 74.2 Å². The summed E-state index contributed by atoms with van der Waals surface area (Å²) in [7, 11) is 0. The van der Waals surface area contributed by atoms with Crippen LogP contribution in [0, 0.1) is 0 Å². The summed E-state index contributed by atoms with van der Waals surface area (Å²) in [6.07, 6.45) is 0. The summed E-state index contributed by atoms with van der Waals surface area (Å²) < 4.78 is 0. The Hall–Kier alpha value is -1.39. The van der Waals surface area contributed by atoms with Gasteiger partial charge in [0.1, 0.15) is 6.61 Å². The van der Waals surface area contributed by atoms with Crippen molar-refractivity contribution in [1.82, 2.24) is 0 Å². The number of aromatic carboxylic acids is 1. The smallest absolute Gasteiger partial charge is 0.335 e. The Kier molecular flexibility index (Phi) is 2.79. The van der Waals surface area contributed by atoms with Crippen molar-refractivity contribution in [3.63, 3.8) is 0 Å². The zero-order valence-electron chi connectivity index (χ0n) is 6.49. The van der Waals surface area contributed by atoms with Crippen LogP contribution in [0.1, 0.15) is 15.9 Å². The molecule has 4 N–H and O–H groups in total. The van der Waals surface area contributed by atoms with Gasteiger partial charge in [0.25, 0.3) is 0 Å². The van der Waals surface area contributed by atoms with Crippen LogP contribution in [0.4, 0.5) is 0 Å². The van der Waals surface area contributed by atoms with Crippen molar-refractivity contribution in [1.29, 1.82) is 0 Å². The van der Waals surface area contributed by atoms with Gasteiger partial charge >= 0.3 is 5.97 Å². The molecule has 0 aliphatic heterocycles. The van der Waals surface area contributed by atoms with Gasteiger partial charge in [-0.15, -0.1) is 0 Å². The number of quaternary nitrogens is 1. The zero-order chi connectivity index (χ0) is 8.97. The molecule has 0 amide bonds. The van der Waals surface area contributed by atoms with Crippen LogP contribution in [0.2, 0.25) is 0 Å². The Balaban J connectivity index is 2.78. The molecule has 0 atom stereocenters. The van der Waals surface area contributed by atoms with Crippen molar-refractivity contribution < 1.29 is 20.6 Å². The monoisotopic (exact) mass is 168 g/mol. The second-order valence-electron chi connectivity index (χ2n) is 2.35. The lowest BCUT2D eigenvalue weighted by Crippen LogP contribution is -2.48. The summed E-state index contributed by atoms with van der Waals surface area (Å²) >= 11 is 0. The fourth-order valence-electron chi connectivity index (χ4n) is 0.861. The van der Waals surface area contributed by atoms with Gasteiger partial charge in [-0.3, -0.25) is 0 Å². The largest absolute Gasteiger partial charge is 0.478 e. The van der Waals surface area contributed by atoms with E-state index >= 15 is 0 Å². The molecule has 12 heavy (non-hydrogen) atoms. The molecule has 4 heteroatoms. The molecule has 0 aliphatic rings. The number of carboxylic acid groups (broad SMARTS) is 1. The molecule has 4 nitrogen and oxygen atoms in total. The van der Waals surface area contributed by atoms with Crippen molar-refractivity contribution in [2.24, 2.45) is 0 Å². The van der Waals surface area contributed by atoms with Crippen molar-refractivity contribution in [3.8, 4) is 0 Å². The predicted molar refractivity (Wildman–Crippen MR) is 41.1 cm³/mol. The fourth-order valence-corrected chi connectivity index (χ4v) is 0.861. The lowest BCUT2D eigenvalue weighted by atomic mass is 10.1. The van der Waals surface area contributed by atoms with Gasteiger partial charge in [-0.25, -0.2) is 15.5 Å². The molecule has 0 heterocycles. The number of benzene rings is 1. The van der Waals surface area contributed by atoms with Gasteiger partial charge in [-0.1, -0.05) is 12.1 Å². The quantitative estimate of drug-likeness (QED) is 0.626. The van der Waals surface area contributed by atoms with Crippen molar-refractivity contribution in [2.75, 3.05) is 0 Å². The molecule has 1 aromatic carbocycles. The highest BCUT2D eigenvalue weighted by Crippen LogP contribution is 2.04. The van der Waals surface area contributed by atoms with Crippen LogP contribution < -0.4 is 5.90 Å². The van der Waals surface area contributed by atoms with Crippen LogP contribution in [0.25, 0.3) is 0 Å². The van der Waals surface area contributed by atoms with E-state index in [2.05, 4.69) is 10.7 Å². The SMILES string of the molecule is [NH3+]OCc1ccc(C(=O)O)cc1. The van der Waals surface area contributed by atoms with Crippen LogP contribution in [-0.2, 0) is 11.4 Å². The molecule has 0 spiro atoms. The number of carbonyl (C=O) groups is 1. The first-order chi connectivity index (χ1) is 5.74. The second kappa shape index (κ2) is 3.85. The Morgan fingerprint density at radius 2 is 2.00 bits per heavy atom. The average Bonchev–Trinajstić information content (AvgIpc) is 2.06. The van der Waals surface area contributed by atoms with Crippen molar-refractivity contribution >= 4 is 5.97 Å². The first kappa shape index (κ1) is 8.70. The molecular formula is C8H10NO3+. The Bertz CT molecular complexity index is 268. The van der Waals surface area contributed by atoms with E-state index in [0.717, 1.165) is 5.56 Å². The van der Waals surface area contributed by atoms with E-state index in [4.69, 9.17) is 5.11 Å². The van der Waals surface area contributed by atoms with Gasteiger partial charge in [0, 0.05) is 0 Å². The summed E-state index contributed by atoms with van der Waals surface area (Å²) in [4.78, 5) is 15.1. The van der Waals surface area contributed by atoms with Gasteiger partial charge in [-0.2, -0.15) is 0 Å². The minimum atomic E-state index is -0.919. The van der Waals surface area contributed by atoms with E-state index in [9.17, 15) is 4.79 Å². The van der Waals surface area contributed by atoms with E-state index in [0.29, 0.717) is 6.61 Å². The van der Waals surface area contributed by atoms with Gasteiger partial charge < -0.3 is 5.11 Å². The highest BCUT2D eigenvalue weighted by molar-refractivity contribution is 5.87. The summed E-state index contributed by atoms with van der Waals surface area (Å²) in [5.74, 6) is 2.30. The third-order valence-electron chi connectivity index (χ3n) is 1.47. The number of hydrogen-bond donors (Lipinski definition) is 2. The van der Waals surface area contributed by atoms with Crippen LogP contribution in [0.5, 0.6) is 0 Å². The van der Waals surface area contributed by atoms with Crippen LogP contribution >= 0.6 is 0 Å². The van der Waals surface area contributed by atoms with Crippen molar-refractivity contribution in [3.05, 3.63) is 35.4 Å². The summed E-state index contributed by atoms with van der Waals surface area (Å²) in [5.41, 5.74) is 1.19. The highest BCUT2D eigenvalue weighted by atomic mass is 16.6. The summed E-state index contributed by atoms with van der Waals surface area (Å²) in [6, 6.07) is 6.48. The minimum Gasteiger partial charge on any atom is -0.478 e. The molecule has 0 bridgehead atoms. The maximum absolute atomic E-state index is 10.4. The lowest BCUT2D eigenvalue weighted by Gasteiger charge is -1.97. The maximum Gasteiger partial charge on any atom is 0.335 e. The first-order valence-electron chi connectivity index (χ1n) is 3.43. The summed E-state index contributed by atoms with van der Waals surface area (Å²) in [6.45, 7) is 0.403. The molecule has 64 valence electrons. The van der Waals surface area contributed by atoms with E-state index in [1.54, 1.807) is 12.1 Å². The molecule has 0 radical (unpaired) electrons. The lowest BCUT2D eigenvalue weighted by molar-refractivity contribution is -0.695. The minimum absolute atomic E-state index is 0.280. The molecule has 0 saturated heterocycles. The van der Waals surface area contributed by atoms with Gasteiger partial charge in [-0.05, 0) is 17.7 Å². The van der Waals surface area contributed by atoms with E-state index < -0.39 is 5.97 Å². The molecular weight excluding hydrogens is 158 g/mol. The number of rotatable bonds is 3. The van der Waals surface area contributed by atoms with E-state index in [1.807, 2.05) is 0 Å². The highest BCUT2D eigenvalue weighted by Gasteiger charge is 2.01. The first-order valence-corrected chi connectivity index (χ1v) is 3.43. The number of hydrogen-bond acceptors (Lipinski definition) is 2. The van der Waals surface area contributed by atoms with Crippen molar-refractivity contribution in [2.45, 2.75) is 6.61 Å². The molecule has 0 aliphatic carbocycles. The maximum atomic E-state index is 10.4. The van der Waals surface area contributed by atoms with E-state index in [1.165, 1.54) is 12.1 Å². The van der Waals surface area contributed by atoms with Crippen LogP contribution in [0.15, 0.2) is 24.3 Å². The molecule has 0 aromatic heterocycles. The summed E-state index contributed by atoms with van der Waals surface area (Å²) in [5, 5.41) is 8.56. The Morgan fingerprint density at radius 3 is 2.42 bits per heavy atom. The third-order valence-corrected chi connectivity index (χ3v) is 1.47. The molecule has 1 aromatic rings.